The zero-order valence-electron chi connectivity index (χ0n) is 22.0. The standard InChI is InChI=1S/C31H21BrFN3O4S2/c1-40-24-13-12-19(15-23(24)33)27(37)25-26(18-8-5-10-21(32)14-18)36(29(39)28(25)38)30-34-35-31(42-30)41-16-20-9-4-7-17-6-2-3-11-22(17)20/h2-15,26,37H,16H2,1H3. The molecule has 210 valence electrons. The number of hydrogen-bond donors (Lipinski definition) is 1. The van der Waals surface area contributed by atoms with E-state index in [2.05, 4.69) is 50.4 Å². The second-order valence-corrected chi connectivity index (χ2v) is 12.4. The van der Waals surface area contributed by atoms with Crippen LogP contribution in [0.15, 0.2) is 99.3 Å². The highest BCUT2D eigenvalue weighted by Crippen LogP contribution is 2.44. The highest BCUT2D eigenvalue weighted by molar-refractivity contribution is 9.10. The molecule has 0 spiro atoms. The van der Waals surface area contributed by atoms with Gasteiger partial charge >= 0.3 is 5.91 Å². The van der Waals surface area contributed by atoms with Crippen LogP contribution in [-0.4, -0.2) is 34.1 Å². The Labute approximate surface area is 256 Å². The van der Waals surface area contributed by atoms with Crippen molar-refractivity contribution in [3.63, 3.8) is 0 Å². The smallest absolute Gasteiger partial charge is 0.301 e. The molecule has 0 radical (unpaired) electrons. The van der Waals surface area contributed by atoms with Crippen molar-refractivity contribution < 1.29 is 23.8 Å². The molecule has 1 atom stereocenters. The zero-order valence-corrected chi connectivity index (χ0v) is 25.2. The number of amides is 1. The Hall–Kier alpha value is -4.06. The van der Waals surface area contributed by atoms with Gasteiger partial charge < -0.3 is 9.84 Å². The van der Waals surface area contributed by atoms with Gasteiger partial charge in [-0.15, -0.1) is 10.2 Å². The van der Waals surface area contributed by atoms with Crippen LogP contribution in [0.1, 0.15) is 22.7 Å². The van der Waals surface area contributed by atoms with E-state index in [1.807, 2.05) is 24.3 Å². The first kappa shape index (κ1) is 28.1. The van der Waals surface area contributed by atoms with Crippen LogP contribution in [-0.2, 0) is 15.3 Å². The molecular weight excluding hydrogens is 641 g/mol. The highest BCUT2D eigenvalue weighted by Gasteiger charge is 2.48. The van der Waals surface area contributed by atoms with Gasteiger partial charge in [0.2, 0.25) is 5.13 Å². The number of fused-ring (bicyclic) bond motifs is 1. The van der Waals surface area contributed by atoms with Crippen LogP contribution in [0.3, 0.4) is 0 Å². The van der Waals surface area contributed by atoms with Crippen molar-refractivity contribution in [3.05, 3.63) is 117 Å². The molecule has 1 unspecified atom stereocenters. The Morgan fingerprint density at radius 3 is 2.62 bits per heavy atom. The molecule has 42 heavy (non-hydrogen) atoms. The summed E-state index contributed by atoms with van der Waals surface area (Å²) >= 11 is 6.11. The van der Waals surface area contributed by atoms with E-state index in [1.165, 1.54) is 47.2 Å². The van der Waals surface area contributed by atoms with Gasteiger partial charge in [-0.3, -0.25) is 14.5 Å². The van der Waals surface area contributed by atoms with Gasteiger partial charge in [-0.25, -0.2) is 4.39 Å². The Balaban J connectivity index is 1.38. The van der Waals surface area contributed by atoms with Crippen molar-refractivity contribution in [2.24, 2.45) is 0 Å². The van der Waals surface area contributed by atoms with Crippen molar-refractivity contribution >= 4 is 72.4 Å². The predicted molar refractivity (Wildman–Crippen MR) is 165 cm³/mol. The van der Waals surface area contributed by atoms with Gasteiger partial charge in [-0.1, -0.05) is 93.6 Å². The Kier molecular flexibility index (Phi) is 7.80. The van der Waals surface area contributed by atoms with Gasteiger partial charge in [0.1, 0.15) is 5.76 Å². The average Bonchev–Trinajstić information content (AvgIpc) is 3.57. The van der Waals surface area contributed by atoms with Crippen LogP contribution < -0.4 is 9.64 Å². The molecule has 1 amide bonds. The van der Waals surface area contributed by atoms with E-state index in [4.69, 9.17) is 4.74 Å². The summed E-state index contributed by atoms with van der Waals surface area (Å²) in [7, 11) is 1.33. The number of aliphatic hydroxyl groups is 1. The molecule has 6 rings (SSSR count). The van der Waals surface area contributed by atoms with E-state index in [0.717, 1.165) is 22.4 Å². The third-order valence-corrected chi connectivity index (χ3v) is 9.46. The number of ether oxygens (including phenoxy) is 1. The fourth-order valence-corrected chi connectivity index (χ4v) is 7.20. The second kappa shape index (κ2) is 11.7. The molecule has 11 heteroatoms. The van der Waals surface area contributed by atoms with Gasteiger partial charge in [0.05, 0.1) is 18.7 Å². The third-order valence-electron chi connectivity index (χ3n) is 6.87. The van der Waals surface area contributed by atoms with Crippen molar-refractivity contribution in [1.82, 2.24) is 10.2 Å². The Morgan fingerprint density at radius 1 is 1.05 bits per heavy atom. The third kappa shape index (κ3) is 5.19. The normalized spacial score (nSPS) is 16.4. The summed E-state index contributed by atoms with van der Waals surface area (Å²) in [6, 6.07) is 24.1. The molecule has 1 fully saturated rings. The zero-order chi connectivity index (χ0) is 29.4. The van der Waals surface area contributed by atoms with Crippen molar-refractivity contribution in [3.8, 4) is 5.75 Å². The van der Waals surface area contributed by atoms with Crippen LogP contribution in [0.4, 0.5) is 9.52 Å². The summed E-state index contributed by atoms with van der Waals surface area (Å²) in [5, 5.41) is 22.3. The number of ketones is 1. The molecule has 1 N–H and O–H groups in total. The fraction of sp³-hybridized carbons (Fsp3) is 0.0968. The largest absolute Gasteiger partial charge is 0.507 e. The lowest BCUT2D eigenvalue weighted by atomic mass is 9.95. The maximum Gasteiger partial charge on any atom is 0.301 e. The van der Waals surface area contributed by atoms with E-state index >= 15 is 0 Å². The molecule has 0 saturated carbocycles. The second-order valence-electron chi connectivity index (χ2n) is 9.35. The maximum atomic E-state index is 14.5. The van der Waals surface area contributed by atoms with Gasteiger partial charge in [0.15, 0.2) is 15.9 Å². The average molecular weight is 663 g/mol. The summed E-state index contributed by atoms with van der Waals surface area (Å²) in [5.41, 5.74) is 1.55. The number of Topliss-reactive ketones (excluding diaryl/α,β-unsaturated/α-hetero) is 1. The first-order valence-corrected chi connectivity index (χ1v) is 15.3. The first-order chi connectivity index (χ1) is 20.4. The Morgan fingerprint density at radius 2 is 1.83 bits per heavy atom. The number of methoxy groups -OCH3 is 1. The lowest BCUT2D eigenvalue weighted by Gasteiger charge is -2.22. The number of thioether (sulfide) groups is 1. The molecule has 7 nitrogen and oxygen atoms in total. The van der Waals surface area contributed by atoms with Gasteiger partial charge in [0, 0.05) is 15.8 Å². The van der Waals surface area contributed by atoms with Crippen molar-refractivity contribution in [2.45, 2.75) is 16.1 Å². The highest BCUT2D eigenvalue weighted by atomic mass is 79.9. The number of aromatic nitrogens is 2. The summed E-state index contributed by atoms with van der Waals surface area (Å²) in [4.78, 5) is 28.2. The fourth-order valence-electron chi connectivity index (χ4n) is 4.91. The van der Waals surface area contributed by atoms with Crippen molar-refractivity contribution in [1.29, 1.82) is 0 Å². The minimum absolute atomic E-state index is 0.0158. The summed E-state index contributed by atoms with van der Waals surface area (Å²) in [6.45, 7) is 0. The number of carbonyl (C=O) groups excluding carboxylic acids is 2. The minimum Gasteiger partial charge on any atom is -0.507 e. The number of hydrogen-bond acceptors (Lipinski definition) is 8. The van der Waals surface area contributed by atoms with Gasteiger partial charge in [-0.2, -0.15) is 0 Å². The monoisotopic (exact) mass is 661 g/mol. The Bertz CT molecular complexity index is 1890. The van der Waals surface area contributed by atoms with Crippen LogP contribution in [0.2, 0.25) is 0 Å². The van der Waals surface area contributed by atoms with E-state index in [9.17, 15) is 19.1 Å². The topological polar surface area (TPSA) is 92.6 Å². The molecule has 1 aliphatic heterocycles. The number of nitrogens with zero attached hydrogens (tertiary/aromatic N) is 3. The van der Waals surface area contributed by atoms with E-state index in [0.29, 0.717) is 20.1 Å². The first-order valence-electron chi connectivity index (χ1n) is 12.7. The number of halogens is 2. The lowest BCUT2D eigenvalue weighted by molar-refractivity contribution is -0.132. The van der Waals surface area contributed by atoms with E-state index < -0.39 is 29.3 Å². The quantitative estimate of drug-likeness (QED) is 0.0634. The number of benzene rings is 4. The molecule has 1 aliphatic rings. The SMILES string of the molecule is COc1ccc(C(O)=C2C(=O)C(=O)N(c3nnc(SCc4cccc5ccccc45)s3)C2c2cccc(Br)c2)cc1F. The van der Waals surface area contributed by atoms with Crippen LogP contribution >= 0.6 is 39.0 Å². The number of carbonyl (C=O) groups is 2. The van der Waals surface area contributed by atoms with Crippen molar-refractivity contribution in [2.75, 3.05) is 12.0 Å². The number of rotatable bonds is 7. The molecule has 0 bridgehead atoms. The summed E-state index contributed by atoms with van der Waals surface area (Å²) < 4.78 is 20.8. The lowest BCUT2D eigenvalue weighted by Crippen LogP contribution is -2.29. The molecule has 0 aliphatic carbocycles. The van der Waals surface area contributed by atoms with Gasteiger partial charge in [-0.05, 0) is 52.2 Å². The molecule has 1 saturated heterocycles. The summed E-state index contributed by atoms with van der Waals surface area (Å²) in [5.74, 6) is -2.37. The molecule has 4 aromatic carbocycles. The molecule has 2 heterocycles. The van der Waals surface area contributed by atoms with Gasteiger partial charge in [0.25, 0.3) is 5.78 Å². The van der Waals surface area contributed by atoms with Crippen LogP contribution in [0.25, 0.3) is 16.5 Å². The van der Waals surface area contributed by atoms with E-state index in [-0.39, 0.29) is 22.0 Å². The number of anilines is 1. The molecule has 1 aromatic heterocycles. The molecular formula is C31H21BrFN3O4S2. The van der Waals surface area contributed by atoms with Crippen LogP contribution in [0, 0.1) is 5.82 Å². The number of aliphatic hydroxyl groups excluding tert-OH is 1. The maximum absolute atomic E-state index is 14.5. The molecule has 5 aromatic rings. The summed E-state index contributed by atoms with van der Waals surface area (Å²) in [6.07, 6.45) is 0. The predicted octanol–water partition coefficient (Wildman–Crippen LogP) is 7.52. The van der Waals surface area contributed by atoms with E-state index in [1.54, 1.807) is 18.2 Å². The van der Waals surface area contributed by atoms with Crippen LogP contribution in [0.5, 0.6) is 5.75 Å². The minimum atomic E-state index is -1.02.